The van der Waals surface area contributed by atoms with Gasteiger partial charge in [-0.05, 0) is 30.3 Å². The molecule has 0 spiro atoms. The number of thiophene rings is 1. The van der Waals surface area contributed by atoms with Crippen LogP contribution in [-0.4, -0.2) is 26.7 Å². The van der Waals surface area contributed by atoms with Crippen molar-refractivity contribution >= 4 is 54.5 Å². The number of sulfonamides is 1. The van der Waals surface area contributed by atoms with Crippen molar-refractivity contribution < 1.29 is 17.5 Å². The van der Waals surface area contributed by atoms with Gasteiger partial charge in [-0.25, -0.2) is 4.39 Å². The Morgan fingerprint density at radius 1 is 1.29 bits per heavy atom. The van der Waals surface area contributed by atoms with Crippen molar-refractivity contribution in [3.63, 3.8) is 0 Å². The van der Waals surface area contributed by atoms with Crippen LogP contribution in [0.25, 0.3) is 10.2 Å². The molecule has 1 aromatic carbocycles. The Labute approximate surface area is 150 Å². The van der Waals surface area contributed by atoms with Crippen molar-refractivity contribution in [3.8, 4) is 0 Å². The number of methoxy groups -OCH3 is 1. The molecular formula is C14H12ClFN2O3S3. The highest BCUT2D eigenvalue weighted by Gasteiger charge is 2.17. The van der Waals surface area contributed by atoms with E-state index in [-0.39, 0.29) is 14.8 Å². The van der Waals surface area contributed by atoms with Gasteiger partial charge in [0.05, 0.1) is 21.2 Å². The van der Waals surface area contributed by atoms with E-state index in [0.717, 1.165) is 22.7 Å². The van der Waals surface area contributed by atoms with E-state index in [0.29, 0.717) is 27.7 Å². The molecule has 0 fully saturated rings. The van der Waals surface area contributed by atoms with E-state index >= 15 is 0 Å². The molecule has 24 heavy (non-hydrogen) atoms. The predicted octanol–water partition coefficient (Wildman–Crippen LogP) is 3.49. The summed E-state index contributed by atoms with van der Waals surface area (Å²) in [4.78, 5) is 0.261. The van der Waals surface area contributed by atoms with Crippen molar-refractivity contribution in [1.29, 1.82) is 0 Å². The number of hydrogen-bond acceptors (Lipinski definition) is 5. The van der Waals surface area contributed by atoms with Gasteiger partial charge in [-0.3, -0.25) is 0 Å². The summed E-state index contributed by atoms with van der Waals surface area (Å²) in [5.74, 6) is -0.387. The van der Waals surface area contributed by atoms with Crippen molar-refractivity contribution in [2.75, 3.05) is 13.7 Å². The monoisotopic (exact) mass is 406 g/mol. The molecule has 0 amide bonds. The van der Waals surface area contributed by atoms with Crippen LogP contribution in [0.4, 0.5) is 4.39 Å². The standard InChI is InChI=1S/C14H12ClFN2O3S3/c1-21-7-6-18-10-3-2-9(16)8-11(10)22-14(18)17-24(19,20)13-5-4-12(15)23-13/h2-5,8H,6-7H2,1H3/b17-14-. The fourth-order valence-corrected chi connectivity index (χ4v) is 5.84. The zero-order valence-electron chi connectivity index (χ0n) is 12.4. The van der Waals surface area contributed by atoms with Crippen molar-refractivity contribution in [1.82, 2.24) is 4.57 Å². The van der Waals surface area contributed by atoms with Crippen molar-refractivity contribution in [2.24, 2.45) is 4.40 Å². The average molecular weight is 407 g/mol. The molecule has 5 nitrogen and oxygen atoms in total. The van der Waals surface area contributed by atoms with Crippen LogP contribution in [0.5, 0.6) is 0 Å². The quantitative estimate of drug-likeness (QED) is 0.651. The fraction of sp³-hybridized carbons (Fsp3) is 0.214. The first-order valence-corrected chi connectivity index (χ1v) is 10.2. The van der Waals surface area contributed by atoms with Crippen molar-refractivity contribution in [2.45, 2.75) is 10.8 Å². The molecule has 0 bridgehead atoms. The number of hydrogen-bond donors (Lipinski definition) is 0. The van der Waals surface area contributed by atoms with Crippen LogP contribution in [-0.2, 0) is 21.3 Å². The Morgan fingerprint density at radius 2 is 2.08 bits per heavy atom. The number of aromatic nitrogens is 1. The molecule has 3 aromatic rings. The first kappa shape index (κ1) is 17.6. The molecule has 0 unspecified atom stereocenters. The summed E-state index contributed by atoms with van der Waals surface area (Å²) in [7, 11) is -2.33. The summed E-state index contributed by atoms with van der Waals surface area (Å²) >= 11 is 7.85. The van der Waals surface area contributed by atoms with Crippen LogP contribution in [0.1, 0.15) is 0 Å². The average Bonchev–Trinajstić information content (AvgIpc) is 3.08. The highest BCUT2D eigenvalue weighted by Crippen LogP contribution is 2.27. The van der Waals surface area contributed by atoms with Gasteiger partial charge in [0, 0.05) is 13.7 Å². The first-order chi connectivity index (χ1) is 11.4. The zero-order valence-corrected chi connectivity index (χ0v) is 15.6. The van der Waals surface area contributed by atoms with Gasteiger partial charge in [0.15, 0.2) is 0 Å². The van der Waals surface area contributed by atoms with E-state index in [2.05, 4.69) is 4.40 Å². The predicted molar refractivity (Wildman–Crippen MR) is 93.7 cm³/mol. The maximum Gasteiger partial charge on any atom is 0.294 e. The van der Waals surface area contributed by atoms with Crippen LogP contribution < -0.4 is 4.80 Å². The van der Waals surface area contributed by atoms with E-state index in [4.69, 9.17) is 16.3 Å². The lowest BCUT2D eigenvalue weighted by Gasteiger charge is -2.04. The zero-order chi connectivity index (χ0) is 17.3. The molecule has 0 atom stereocenters. The molecule has 0 N–H and O–H groups in total. The molecule has 0 saturated carbocycles. The summed E-state index contributed by atoms with van der Waals surface area (Å²) in [6.07, 6.45) is 0. The summed E-state index contributed by atoms with van der Waals surface area (Å²) in [5.41, 5.74) is 0.705. The van der Waals surface area contributed by atoms with Crippen molar-refractivity contribution in [3.05, 3.63) is 45.3 Å². The Kier molecular flexibility index (Phi) is 5.07. The minimum atomic E-state index is -3.88. The van der Waals surface area contributed by atoms with E-state index < -0.39 is 10.0 Å². The SMILES string of the molecule is COCCn1/c(=N/S(=O)(=O)c2ccc(Cl)s2)sc2cc(F)ccc21. The topological polar surface area (TPSA) is 60.7 Å². The summed E-state index contributed by atoms with van der Waals surface area (Å²) in [5, 5.41) is 0. The van der Waals surface area contributed by atoms with Gasteiger partial charge in [-0.1, -0.05) is 22.9 Å². The molecule has 2 aromatic heterocycles. The number of nitrogens with zero attached hydrogens (tertiary/aromatic N) is 2. The second-order valence-electron chi connectivity index (χ2n) is 4.77. The number of halogens is 2. The molecule has 2 heterocycles. The Bertz CT molecular complexity index is 1050. The lowest BCUT2D eigenvalue weighted by atomic mass is 10.3. The molecule has 128 valence electrons. The minimum Gasteiger partial charge on any atom is -0.383 e. The Hall–Kier alpha value is -1.26. The molecule has 0 aliphatic heterocycles. The second-order valence-corrected chi connectivity index (χ2v) is 9.32. The van der Waals surface area contributed by atoms with Crippen LogP contribution in [0, 0.1) is 5.82 Å². The summed E-state index contributed by atoms with van der Waals surface area (Å²) in [6.45, 7) is 0.781. The van der Waals surface area contributed by atoms with Gasteiger partial charge in [-0.15, -0.1) is 15.7 Å². The summed E-state index contributed by atoms with van der Waals surface area (Å²) in [6, 6.07) is 7.21. The van der Waals surface area contributed by atoms with E-state index in [1.54, 1.807) is 17.7 Å². The van der Waals surface area contributed by atoms with Gasteiger partial charge < -0.3 is 9.30 Å². The highest BCUT2D eigenvalue weighted by atomic mass is 35.5. The van der Waals surface area contributed by atoms with E-state index in [9.17, 15) is 12.8 Å². The number of rotatable bonds is 5. The lowest BCUT2D eigenvalue weighted by Crippen LogP contribution is -2.19. The normalized spacial score (nSPS) is 13.0. The molecular weight excluding hydrogens is 395 g/mol. The van der Waals surface area contributed by atoms with E-state index in [1.165, 1.54) is 24.3 Å². The number of thiazole rings is 1. The van der Waals surface area contributed by atoms with Crippen LogP contribution in [0.15, 0.2) is 38.9 Å². The second kappa shape index (κ2) is 6.93. The van der Waals surface area contributed by atoms with Gasteiger partial charge in [0.25, 0.3) is 10.0 Å². The smallest absolute Gasteiger partial charge is 0.294 e. The molecule has 0 saturated heterocycles. The van der Waals surface area contributed by atoms with Gasteiger partial charge in [-0.2, -0.15) is 8.42 Å². The number of benzene rings is 1. The maximum absolute atomic E-state index is 13.4. The van der Waals surface area contributed by atoms with E-state index in [1.807, 2.05) is 0 Å². The largest absolute Gasteiger partial charge is 0.383 e. The van der Waals surface area contributed by atoms with Gasteiger partial charge in [0.2, 0.25) is 4.80 Å². The number of ether oxygens (including phenoxy) is 1. The lowest BCUT2D eigenvalue weighted by molar-refractivity contribution is 0.187. The van der Waals surface area contributed by atoms with Gasteiger partial charge in [0.1, 0.15) is 10.0 Å². The Balaban J connectivity index is 2.20. The molecule has 0 radical (unpaired) electrons. The van der Waals surface area contributed by atoms with Gasteiger partial charge >= 0.3 is 0 Å². The minimum absolute atomic E-state index is 0.0643. The highest BCUT2D eigenvalue weighted by molar-refractivity contribution is 7.92. The maximum atomic E-state index is 13.4. The third-order valence-electron chi connectivity index (χ3n) is 3.16. The summed E-state index contributed by atoms with van der Waals surface area (Å²) < 4.78 is 50.1. The molecule has 0 aliphatic carbocycles. The molecule has 3 rings (SSSR count). The van der Waals surface area contributed by atoms with Crippen LogP contribution in [0.2, 0.25) is 4.34 Å². The Morgan fingerprint density at radius 3 is 2.75 bits per heavy atom. The molecule has 0 aliphatic rings. The number of fused-ring (bicyclic) bond motifs is 1. The third-order valence-corrected chi connectivity index (χ3v) is 7.29. The van der Waals surface area contributed by atoms with Crippen LogP contribution in [0.3, 0.4) is 0 Å². The third kappa shape index (κ3) is 3.55. The van der Waals surface area contributed by atoms with Crippen LogP contribution >= 0.6 is 34.3 Å². The molecule has 10 heteroatoms. The first-order valence-electron chi connectivity index (χ1n) is 6.75. The fourth-order valence-electron chi connectivity index (χ4n) is 2.10.